The van der Waals surface area contributed by atoms with Crippen molar-refractivity contribution in [2.24, 2.45) is 11.1 Å². The largest absolute Gasteiger partial charge is 0.338 e. The van der Waals surface area contributed by atoms with Crippen molar-refractivity contribution in [3.63, 3.8) is 0 Å². The molecule has 0 aromatic carbocycles. The van der Waals surface area contributed by atoms with Crippen LogP contribution in [-0.2, 0) is 0 Å². The number of aromatic nitrogens is 3. The summed E-state index contributed by atoms with van der Waals surface area (Å²) in [5, 5.41) is 4.19. The van der Waals surface area contributed by atoms with Crippen molar-refractivity contribution < 1.29 is 4.79 Å². The molecule has 0 radical (unpaired) electrons. The number of nitrogens with zero attached hydrogens (tertiary/aromatic N) is 4. The van der Waals surface area contributed by atoms with E-state index in [1.54, 1.807) is 10.7 Å². The number of carbonyl (C=O) groups excluding carboxylic acids is 1. The number of carbonyl (C=O) groups is 1. The van der Waals surface area contributed by atoms with Gasteiger partial charge in [-0.2, -0.15) is 5.10 Å². The molecule has 3 heterocycles. The molecule has 1 amide bonds. The molecule has 2 N–H and O–H groups in total. The number of likely N-dealkylation sites (tertiary alicyclic amines) is 1. The van der Waals surface area contributed by atoms with Crippen LogP contribution in [0.2, 0.25) is 0 Å². The summed E-state index contributed by atoms with van der Waals surface area (Å²) in [7, 11) is 0. The van der Waals surface area contributed by atoms with Crippen molar-refractivity contribution in [3.8, 4) is 0 Å². The molecule has 6 nitrogen and oxygen atoms in total. The second kappa shape index (κ2) is 5.61. The molecule has 0 spiro atoms. The maximum Gasteiger partial charge on any atom is 0.259 e. The molecule has 7 heteroatoms. The molecule has 1 atom stereocenters. The minimum atomic E-state index is -0.00437. The number of halogens is 1. The molecule has 1 aliphatic heterocycles. The van der Waals surface area contributed by atoms with Crippen molar-refractivity contribution in [1.82, 2.24) is 19.5 Å². The van der Waals surface area contributed by atoms with Gasteiger partial charge >= 0.3 is 0 Å². The average Bonchev–Trinajstić information content (AvgIpc) is 3.02. The van der Waals surface area contributed by atoms with Crippen LogP contribution in [0.3, 0.4) is 0 Å². The number of aryl methyl sites for hydroxylation is 1. The number of amides is 1. The van der Waals surface area contributed by atoms with Crippen LogP contribution in [0.4, 0.5) is 0 Å². The SMILES string of the molecule is Cc1ccn2ncc(C(=O)N3CCC(C)(CN)C3)c2n1.Cl. The highest BCUT2D eigenvalue weighted by atomic mass is 35.5. The van der Waals surface area contributed by atoms with Crippen LogP contribution in [0.15, 0.2) is 18.5 Å². The lowest BCUT2D eigenvalue weighted by Gasteiger charge is -2.22. The first kappa shape index (κ1) is 15.7. The summed E-state index contributed by atoms with van der Waals surface area (Å²) in [5.41, 5.74) is 7.88. The van der Waals surface area contributed by atoms with Crippen molar-refractivity contribution in [1.29, 1.82) is 0 Å². The Morgan fingerprint density at radius 2 is 2.29 bits per heavy atom. The normalized spacial score (nSPS) is 21.6. The van der Waals surface area contributed by atoms with E-state index in [-0.39, 0.29) is 23.7 Å². The van der Waals surface area contributed by atoms with Crippen LogP contribution < -0.4 is 5.73 Å². The van der Waals surface area contributed by atoms with Crippen LogP contribution in [0.5, 0.6) is 0 Å². The van der Waals surface area contributed by atoms with Gasteiger partial charge in [0, 0.05) is 25.0 Å². The standard InChI is InChI=1S/C14H19N5O.ClH/c1-10-3-5-19-12(17-10)11(7-16-19)13(20)18-6-4-14(2,8-15)9-18;/h3,5,7H,4,6,8-9,15H2,1-2H3;1H. The molecule has 3 rings (SSSR count). The quantitative estimate of drug-likeness (QED) is 0.906. The number of rotatable bonds is 2. The number of hydrogen-bond donors (Lipinski definition) is 1. The highest BCUT2D eigenvalue weighted by Gasteiger charge is 2.36. The Labute approximate surface area is 129 Å². The first-order valence-electron chi connectivity index (χ1n) is 6.83. The molecular weight excluding hydrogens is 290 g/mol. The lowest BCUT2D eigenvalue weighted by molar-refractivity contribution is 0.0778. The molecule has 1 unspecified atom stereocenters. The van der Waals surface area contributed by atoms with Crippen molar-refractivity contribution in [2.75, 3.05) is 19.6 Å². The van der Waals surface area contributed by atoms with E-state index < -0.39 is 0 Å². The molecule has 114 valence electrons. The van der Waals surface area contributed by atoms with E-state index in [1.807, 2.05) is 24.1 Å². The van der Waals surface area contributed by atoms with E-state index in [9.17, 15) is 4.79 Å². The Morgan fingerprint density at radius 3 is 2.95 bits per heavy atom. The number of hydrogen-bond acceptors (Lipinski definition) is 4. The fourth-order valence-electron chi connectivity index (χ4n) is 2.64. The molecule has 21 heavy (non-hydrogen) atoms. The third kappa shape index (κ3) is 2.73. The monoisotopic (exact) mass is 309 g/mol. The van der Waals surface area contributed by atoms with Gasteiger partial charge in [0.05, 0.1) is 6.20 Å². The topological polar surface area (TPSA) is 76.5 Å². The lowest BCUT2D eigenvalue weighted by atomic mass is 9.90. The van der Waals surface area contributed by atoms with Gasteiger partial charge in [0.25, 0.3) is 5.91 Å². The summed E-state index contributed by atoms with van der Waals surface area (Å²) in [4.78, 5) is 18.9. The van der Waals surface area contributed by atoms with Crippen LogP contribution in [0.25, 0.3) is 5.65 Å². The predicted octanol–water partition coefficient (Wildman–Crippen LogP) is 1.27. The predicted molar refractivity (Wildman–Crippen MR) is 82.7 cm³/mol. The highest BCUT2D eigenvalue weighted by Crippen LogP contribution is 2.29. The van der Waals surface area contributed by atoms with Gasteiger partial charge in [-0.1, -0.05) is 6.92 Å². The van der Waals surface area contributed by atoms with Crippen LogP contribution >= 0.6 is 12.4 Å². The minimum absolute atomic E-state index is 0. The second-order valence-corrected chi connectivity index (χ2v) is 5.89. The molecule has 2 aromatic heterocycles. The maximum absolute atomic E-state index is 12.6. The molecule has 1 aliphatic rings. The summed E-state index contributed by atoms with van der Waals surface area (Å²) in [5.74, 6) is -0.00437. The number of fused-ring (bicyclic) bond motifs is 1. The molecule has 1 saturated heterocycles. The van der Waals surface area contributed by atoms with Gasteiger partial charge < -0.3 is 10.6 Å². The zero-order valence-corrected chi connectivity index (χ0v) is 13.1. The lowest BCUT2D eigenvalue weighted by Crippen LogP contribution is -2.34. The Kier molecular flexibility index (Phi) is 4.20. The highest BCUT2D eigenvalue weighted by molar-refractivity contribution is 5.99. The third-order valence-corrected chi connectivity index (χ3v) is 4.08. The fraction of sp³-hybridized carbons (Fsp3) is 0.500. The Morgan fingerprint density at radius 1 is 1.52 bits per heavy atom. The van der Waals surface area contributed by atoms with E-state index in [2.05, 4.69) is 17.0 Å². The van der Waals surface area contributed by atoms with Crippen LogP contribution in [0.1, 0.15) is 29.4 Å². The Bertz CT molecular complexity index is 670. The minimum Gasteiger partial charge on any atom is -0.338 e. The molecule has 0 saturated carbocycles. The van der Waals surface area contributed by atoms with Gasteiger partial charge in [-0.15, -0.1) is 12.4 Å². The maximum atomic E-state index is 12.6. The zero-order chi connectivity index (χ0) is 14.3. The van der Waals surface area contributed by atoms with Gasteiger partial charge in [-0.05, 0) is 31.4 Å². The first-order valence-corrected chi connectivity index (χ1v) is 6.83. The van der Waals surface area contributed by atoms with E-state index in [4.69, 9.17) is 5.73 Å². The fourth-order valence-corrected chi connectivity index (χ4v) is 2.64. The van der Waals surface area contributed by atoms with Crippen molar-refractivity contribution >= 4 is 24.0 Å². The molecular formula is C14H20ClN5O. The average molecular weight is 310 g/mol. The van der Waals surface area contributed by atoms with Crippen LogP contribution in [0, 0.1) is 12.3 Å². The Balaban J connectivity index is 0.00000161. The third-order valence-electron chi connectivity index (χ3n) is 4.08. The summed E-state index contributed by atoms with van der Waals surface area (Å²) >= 11 is 0. The zero-order valence-electron chi connectivity index (χ0n) is 12.2. The van der Waals surface area contributed by atoms with Crippen molar-refractivity contribution in [3.05, 3.63) is 29.7 Å². The van der Waals surface area contributed by atoms with Gasteiger partial charge in [-0.25, -0.2) is 9.50 Å². The van der Waals surface area contributed by atoms with Crippen molar-refractivity contribution in [2.45, 2.75) is 20.3 Å². The Hall–Kier alpha value is -1.66. The van der Waals surface area contributed by atoms with Gasteiger partial charge in [0.2, 0.25) is 0 Å². The summed E-state index contributed by atoms with van der Waals surface area (Å²) in [6.07, 6.45) is 4.37. The molecule has 1 fully saturated rings. The smallest absolute Gasteiger partial charge is 0.259 e. The summed E-state index contributed by atoms with van der Waals surface area (Å²) in [6.45, 7) is 6.07. The van der Waals surface area contributed by atoms with E-state index >= 15 is 0 Å². The van der Waals surface area contributed by atoms with E-state index in [0.29, 0.717) is 24.3 Å². The molecule has 0 bridgehead atoms. The van der Waals surface area contributed by atoms with Gasteiger partial charge in [0.15, 0.2) is 5.65 Å². The molecule has 0 aliphatic carbocycles. The summed E-state index contributed by atoms with van der Waals surface area (Å²) < 4.78 is 1.64. The summed E-state index contributed by atoms with van der Waals surface area (Å²) in [6, 6.07) is 1.87. The number of nitrogens with two attached hydrogens (primary N) is 1. The van der Waals surface area contributed by atoms with E-state index in [1.165, 1.54) is 0 Å². The van der Waals surface area contributed by atoms with Gasteiger partial charge in [0.1, 0.15) is 5.56 Å². The first-order chi connectivity index (χ1) is 9.52. The van der Waals surface area contributed by atoms with Crippen LogP contribution in [-0.4, -0.2) is 45.0 Å². The van der Waals surface area contributed by atoms with Gasteiger partial charge in [-0.3, -0.25) is 4.79 Å². The second-order valence-electron chi connectivity index (χ2n) is 5.89. The molecule has 2 aromatic rings. The van der Waals surface area contributed by atoms with E-state index in [0.717, 1.165) is 18.7 Å².